The molecule has 16 heavy (non-hydrogen) atoms. The van der Waals surface area contributed by atoms with Crippen molar-refractivity contribution in [3.63, 3.8) is 0 Å². The normalized spacial score (nSPS) is 11.0. The van der Waals surface area contributed by atoms with Crippen molar-refractivity contribution in [2.45, 2.75) is 26.7 Å². The molecule has 0 rings (SSSR count). The number of aliphatic carboxylic acids is 1. The second-order valence-corrected chi connectivity index (χ2v) is 4.97. The lowest BCUT2D eigenvalue weighted by Gasteiger charge is -2.05. The first-order valence-electron chi connectivity index (χ1n) is 5.01. The molecule has 0 aliphatic carbocycles. The number of carboxylic acids is 1. The standard InChI is InChI=1S/C7H12O2.C3H10O3Si/c1-3-4-5-6(2)7(8)9;1-4-7(5-2)6-3/h5H,3-4H2,1-2H3,(H,8,9);7H,1-3H3/b6-5+;. The van der Waals surface area contributed by atoms with Crippen molar-refractivity contribution in [3.8, 4) is 0 Å². The van der Waals surface area contributed by atoms with E-state index in [0.717, 1.165) is 12.8 Å². The van der Waals surface area contributed by atoms with Crippen LogP contribution in [-0.4, -0.2) is 41.9 Å². The zero-order valence-electron chi connectivity index (χ0n) is 10.6. The summed E-state index contributed by atoms with van der Waals surface area (Å²) in [6, 6.07) is 0. The van der Waals surface area contributed by atoms with Crippen LogP contribution >= 0.6 is 0 Å². The monoisotopic (exact) mass is 250 g/mol. The Hall–Kier alpha value is -0.693. The van der Waals surface area contributed by atoms with Gasteiger partial charge in [-0.15, -0.1) is 0 Å². The molecular formula is C10H22O5Si. The highest BCUT2D eigenvalue weighted by molar-refractivity contribution is 6.36. The van der Waals surface area contributed by atoms with Gasteiger partial charge in [-0.05, 0) is 13.3 Å². The third-order valence-corrected chi connectivity index (χ3v) is 2.81. The molecule has 0 saturated heterocycles. The molecule has 0 aliphatic heterocycles. The van der Waals surface area contributed by atoms with Crippen LogP contribution in [0.4, 0.5) is 0 Å². The Bertz CT molecular complexity index is 196. The van der Waals surface area contributed by atoms with Crippen molar-refractivity contribution < 1.29 is 23.2 Å². The van der Waals surface area contributed by atoms with Crippen molar-refractivity contribution >= 4 is 15.5 Å². The molecule has 0 fully saturated rings. The molecule has 0 aromatic rings. The summed E-state index contributed by atoms with van der Waals surface area (Å²) in [6.45, 7) is 3.63. The average molecular weight is 250 g/mol. The van der Waals surface area contributed by atoms with Gasteiger partial charge in [-0.2, -0.15) is 0 Å². The van der Waals surface area contributed by atoms with Crippen molar-refractivity contribution in [2.75, 3.05) is 21.3 Å². The molecule has 0 aromatic heterocycles. The Kier molecular flexibility index (Phi) is 13.7. The van der Waals surface area contributed by atoms with E-state index in [1.54, 1.807) is 34.3 Å². The van der Waals surface area contributed by atoms with E-state index >= 15 is 0 Å². The summed E-state index contributed by atoms with van der Waals surface area (Å²) in [5, 5.41) is 8.34. The minimum atomic E-state index is -1.67. The molecular weight excluding hydrogens is 228 g/mol. The SMILES string of the molecule is CCC/C=C(\C)C(=O)O.CO[SiH](OC)OC. The number of carbonyl (C=O) groups is 1. The molecule has 1 N–H and O–H groups in total. The third kappa shape index (κ3) is 11.4. The predicted octanol–water partition coefficient (Wildman–Crippen LogP) is 1.46. The second kappa shape index (κ2) is 12.4. The van der Waals surface area contributed by atoms with Crippen molar-refractivity contribution in [1.29, 1.82) is 0 Å². The summed E-state index contributed by atoms with van der Waals surface area (Å²) in [5.41, 5.74) is 0.442. The minimum absolute atomic E-state index is 0.442. The van der Waals surface area contributed by atoms with Gasteiger partial charge in [0.15, 0.2) is 0 Å². The van der Waals surface area contributed by atoms with E-state index in [9.17, 15) is 4.79 Å². The summed E-state index contributed by atoms with van der Waals surface area (Å²) >= 11 is 0. The van der Waals surface area contributed by atoms with E-state index in [-0.39, 0.29) is 0 Å². The van der Waals surface area contributed by atoms with E-state index in [1.165, 1.54) is 0 Å². The van der Waals surface area contributed by atoms with Gasteiger partial charge in [-0.25, -0.2) is 4.79 Å². The maximum Gasteiger partial charge on any atom is 0.483 e. The summed E-state index contributed by atoms with van der Waals surface area (Å²) in [6.07, 6.45) is 3.60. The first-order valence-corrected chi connectivity index (χ1v) is 6.43. The van der Waals surface area contributed by atoms with Crippen molar-refractivity contribution in [3.05, 3.63) is 11.6 Å². The quantitative estimate of drug-likeness (QED) is 0.571. The Morgan fingerprint density at radius 2 is 1.69 bits per heavy atom. The van der Waals surface area contributed by atoms with Crippen LogP contribution in [-0.2, 0) is 18.1 Å². The molecule has 0 heterocycles. The van der Waals surface area contributed by atoms with E-state index in [0.29, 0.717) is 5.57 Å². The van der Waals surface area contributed by atoms with Gasteiger partial charge in [-0.1, -0.05) is 19.4 Å². The third-order valence-electron chi connectivity index (χ3n) is 1.65. The molecule has 0 aromatic carbocycles. The van der Waals surface area contributed by atoms with Crippen LogP contribution in [0.1, 0.15) is 26.7 Å². The molecule has 0 amide bonds. The minimum Gasteiger partial charge on any atom is -0.478 e. The van der Waals surface area contributed by atoms with Crippen LogP contribution in [0.25, 0.3) is 0 Å². The van der Waals surface area contributed by atoms with Gasteiger partial charge < -0.3 is 18.4 Å². The highest BCUT2D eigenvalue weighted by Gasteiger charge is 2.04. The highest BCUT2D eigenvalue weighted by atomic mass is 28.3. The summed E-state index contributed by atoms with van der Waals surface area (Å²) in [4.78, 5) is 10.1. The van der Waals surface area contributed by atoms with Crippen LogP contribution in [0, 0.1) is 0 Å². The fourth-order valence-corrected chi connectivity index (χ4v) is 1.31. The maximum atomic E-state index is 10.1. The fraction of sp³-hybridized carbons (Fsp3) is 0.700. The fourth-order valence-electron chi connectivity index (χ4n) is 0.737. The summed E-state index contributed by atoms with van der Waals surface area (Å²) in [5.74, 6) is -0.816. The van der Waals surface area contributed by atoms with Crippen LogP contribution in [0.5, 0.6) is 0 Å². The number of carboxylic acid groups (broad SMARTS) is 1. The number of hydrogen-bond acceptors (Lipinski definition) is 4. The average Bonchev–Trinajstić information content (AvgIpc) is 2.29. The Morgan fingerprint density at radius 1 is 1.25 bits per heavy atom. The smallest absolute Gasteiger partial charge is 0.478 e. The molecule has 0 spiro atoms. The van der Waals surface area contributed by atoms with Gasteiger partial charge >= 0.3 is 15.5 Å². The molecule has 6 heteroatoms. The van der Waals surface area contributed by atoms with Gasteiger partial charge in [-0.3, -0.25) is 0 Å². The van der Waals surface area contributed by atoms with Crippen molar-refractivity contribution in [1.82, 2.24) is 0 Å². The predicted molar refractivity (Wildman–Crippen MR) is 64.5 cm³/mol. The van der Waals surface area contributed by atoms with Gasteiger partial charge in [0.2, 0.25) is 0 Å². The van der Waals surface area contributed by atoms with Crippen LogP contribution in [0.3, 0.4) is 0 Å². The maximum absolute atomic E-state index is 10.1. The van der Waals surface area contributed by atoms with Gasteiger partial charge in [0, 0.05) is 26.9 Å². The summed E-state index contributed by atoms with van der Waals surface area (Å²) < 4.78 is 14.2. The van der Waals surface area contributed by atoms with Crippen molar-refractivity contribution in [2.24, 2.45) is 0 Å². The largest absolute Gasteiger partial charge is 0.483 e. The number of rotatable bonds is 6. The molecule has 0 bridgehead atoms. The Labute approximate surface area is 99.0 Å². The lowest BCUT2D eigenvalue weighted by molar-refractivity contribution is -0.132. The van der Waals surface area contributed by atoms with Gasteiger partial charge in [0.25, 0.3) is 0 Å². The van der Waals surface area contributed by atoms with Gasteiger partial charge in [0.05, 0.1) is 0 Å². The molecule has 96 valence electrons. The molecule has 0 radical (unpaired) electrons. The second-order valence-electron chi connectivity index (χ2n) is 2.98. The molecule has 0 atom stereocenters. The Morgan fingerprint density at radius 3 is 1.88 bits per heavy atom. The zero-order valence-corrected chi connectivity index (χ0v) is 11.8. The first kappa shape index (κ1) is 17.7. The topological polar surface area (TPSA) is 65.0 Å². The van der Waals surface area contributed by atoms with E-state index in [4.69, 9.17) is 18.4 Å². The lowest BCUT2D eigenvalue weighted by Crippen LogP contribution is -2.21. The van der Waals surface area contributed by atoms with Gasteiger partial charge in [0.1, 0.15) is 0 Å². The molecule has 0 unspecified atom stereocenters. The van der Waals surface area contributed by atoms with Crippen LogP contribution < -0.4 is 0 Å². The van der Waals surface area contributed by atoms with Crippen LogP contribution in [0.15, 0.2) is 11.6 Å². The van der Waals surface area contributed by atoms with E-state index in [2.05, 4.69) is 0 Å². The zero-order chi connectivity index (χ0) is 13.0. The lowest BCUT2D eigenvalue weighted by atomic mass is 10.2. The molecule has 5 nitrogen and oxygen atoms in total. The first-order chi connectivity index (χ1) is 7.53. The molecule has 0 saturated carbocycles. The van der Waals surface area contributed by atoms with E-state index in [1.807, 2.05) is 6.92 Å². The highest BCUT2D eigenvalue weighted by Crippen LogP contribution is 1.96. The van der Waals surface area contributed by atoms with E-state index < -0.39 is 15.5 Å². The number of unbranched alkanes of at least 4 members (excludes halogenated alkanes) is 1. The Balaban J connectivity index is 0. The van der Waals surface area contributed by atoms with Crippen LogP contribution in [0.2, 0.25) is 0 Å². The number of hydrogen-bond donors (Lipinski definition) is 1. The number of allylic oxidation sites excluding steroid dienone is 1. The molecule has 0 aliphatic rings. The summed E-state index contributed by atoms with van der Waals surface area (Å²) in [7, 11) is 3.05.